The van der Waals surface area contributed by atoms with Crippen LogP contribution in [-0.4, -0.2) is 53.6 Å². The topological polar surface area (TPSA) is 79.4 Å². The molecule has 7 nitrogen and oxygen atoms in total. The third kappa shape index (κ3) is 3.54. The van der Waals surface area contributed by atoms with Gasteiger partial charge in [0.05, 0.1) is 18.7 Å². The first kappa shape index (κ1) is 18.7. The maximum atomic E-state index is 13.3. The van der Waals surface area contributed by atoms with Gasteiger partial charge in [-0.3, -0.25) is 4.79 Å². The molecule has 0 saturated carbocycles. The van der Waals surface area contributed by atoms with Gasteiger partial charge >= 0.3 is 0 Å². The monoisotopic (exact) mass is 381 g/mol. The van der Waals surface area contributed by atoms with Crippen molar-refractivity contribution in [2.45, 2.75) is 25.9 Å². The average Bonchev–Trinajstić information content (AvgIpc) is 3.29. The minimum Gasteiger partial charge on any atom is -0.497 e. The predicted molar refractivity (Wildman–Crippen MR) is 107 cm³/mol. The molecule has 2 aliphatic rings. The van der Waals surface area contributed by atoms with Crippen molar-refractivity contribution in [2.24, 2.45) is 11.8 Å². The Morgan fingerprint density at radius 2 is 1.93 bits per heavy atom. The lowest BCUT2D eigenvalue weighted by Crippen LogP contribution is -2.34. The van der Waals surface area contributed by atoms with Crippen LogP contribution in [0, 0.1) is 11.8 Å². The second-order valence-electron chi connectivity index (χ2n) is 7.85. The third-order valence-electron chi connectivity index (χ3n) is 5.60. The molecule has 0 radical (unpaired) electrons. The van der Waals surface area contributed by atoms with Gasteiger partial charge in [-0.05, 0) is 37.5 Å². The fourth-order valence-corrected chi connectivity index (χ4v) is 4.29. The predicted octanol–water partition coefficient (Wildman–Crippen LogP) is 2.34. The first-order valence-corrected chi connectivity index (χ1v) is 9.81. The number of hydrogen-bond acceptors (Lipinski definition) is 6. The van der Waals surface area contributed by atoms with Crippen LogP contribution in [0.3, 0.4) is 0 Å². The van der Waals surface area contributed by atoms with Crippen molar-refractivity contribution in [1.82, 2.24) is 20.2 Å². The van der Waals surface area contributed by atoms with E-state index in [2.05, 4.69) is 32.7 Å². The number of benzene rings is 1. The molecule has 1 aromatic heterocycles. The zero-order valence-electron chi connectivity index (χ0n) is 16.6. The van der Waals surface area contributed by atoms with E-state index in [1.54, 1.807) is 19.5 Å². The van der Waals surface area contributed by atoms with E-state index in [1.807, 2.05) is 30.9 Å². The van der Waals surface area contributed by atoms with Crippen molar-refractivity contribution in [3.63, 3.8) is 0 Å². The molecule has 2 saturated heterocycles. The Kier molecular flexibility index (Phi) is 5.17. The smallest absolute Gasteiger partial charge is 0.257 e. The van der Waals surface area contributed by atoms with Gasteiger partial charge in [-0.2, -0.15) is 0 Å². The maximum Gasteiger partial charge on any atom is 0.257 e. The Hall–Kier alpha value is -2.67. The summed E-state index contributed by atoms with van der Waals surface area (Å²) in [5, 5.41) is 6.63. The average molecular weight is 381 g/mol. The number of fused-ring (bicyclic) bond motifs is 1. The van der Waals surface area contributed by atoms with Crippen LogP contribution in [-0.2, 0) is 0 Å². The van der Waals surface area contributed by atoms with Gasteiger partial charge in [-0.15, -0.1) is 0 Å². The van der Waals surface area contributed by atoms with Crippen molar-refractivity contribution in [3.8, 4) is 5.75 Å². The molecule has 7 heteroatoms. The Morgan fingerprint density at radius 1 is 1.21 bits per heavy atom. The number of carbonyl (C=O) groups is 1. The molecule has 2 aliphatic heterocycles. The van der Waals surface area contributed by atoms with E-state index in [0.29, 0.717) is 23.3 Å². The number of ether oxygens (including phenoxy) is 1. The minimum absolute atomic E-state index is 0.00804. The minimum atomic E-state index is -0.00804. The highest BCUT2D eigenvalue weighted by Crippen LogP contribution is 2.43. The quantitative estimate of drug-likeness (QED) is 0.828. The summed E-state index contributed by atoms with van der Waals surface area (Å²) < 4.78 is 5.29. The fourth-order valence-electron chi connectivity index (χ4n) is 4.29. The molecule has 148 valence electrons. The van der Waals surface area contributed by atoms with Crippen LogP contribution in [0.5, 0.6) is 5.75 Å². The van der Waals surface area contributed by atoms with Gasteiger partial charge in [0.25, 0.3) is 5.91 Å². The Labute approximate surface area is 165 Å². The molecule has 2 N–H and O–H groups in total. The molecule has 0 bridgehead atoms. The van der Waals surface area contributed by atoms with E-state index in [9.17, 15) is 4.79 Å². The van der Waals surface area contributed by atoms with Gasteiger partial charge in [0.1, 0.15) is 5.75 Å². The second-order valence-corrected chi connectivity index (χ2v) is 7.85. The summed E-state index contributed by atoms with van der Waals surface area (Å²) in [6.45, 7) is 6.69. The van der Waals surface area contributed by atoms with Crippen LogP contribution < -0.4 is 15.4 Å². The lowest BCUT2D eigenvalue weighted by atomic mass is 9.89. The molecule has 3 heterocycles. The zero-order chi connectivity index (χ0) is 19.7. The highest BCUT2D eigenvalue weighted by molar-refractivity contribution is 5.94. The normalized spacial score (nSPS) is 23.7. The first-order chi connectivity index (χ1) is 13.6. The van der Waals surface area contributed by atoms with Crippen LogP contribution in [0.15, 0.2) is 36.7 Å². The lowest BCUT2D eigenvalue weighted by Gasteiger charge is -2.28. The number of methoxy groups -OCH3 is 1. The number of anilines is 1. The fraction of sp³-hybridized carbons (Fsp3) is 0.476. The van der Waals surface area contributed by atoms with Crippen molar-refractivity contribution < 1.29 is 9.53 Å². The largest absolute Gasteiger partial charge is 0.497 e. The van der Waals surface area contributed by atoms with Gasteiger partial charge in [-0.25, -0.2) is 9.97 Å². The van der Waals surface area contributed by atoms with E-state index in [-0.39, 0.29) is 18.0 Å². The lowest BCUT2D eigenvalue weighted by molar-refractivity contribution is 0.0713. The van der Waals surface area contributed by atoms with Gasteiger partial charge in [0, 0.05) is 44.0 Å². The van der Waals surface area contributed by atoms with Crippen LogP contribution in [0.2, 0.25) is 0 Å². The SMILES string of the molecule is COc1ccc([C@H]2[C@H]3CNC[C@H]3CN2C(=O)c2cnc(NC(C)C)nc2)cc1. The highest BCUT2D eigenvalue weighted by Gasteiger charge is 2.46. The number of carbonyl (C=O) groups excluding carboxylic acids is 1. The van der Waals surface area contributed by atoms with E-state index < -0.39 is 0 Å². The number of aromatic nitrogens is 2. The van der Waals surface area contributed by atoms with Crippen LogP contribution in [0.1, 0.15) is 35.8 Å². The molecule has 1 aromatic carbocycles. The summed E-state index contributed by atoms with van der Waals surface area (Å²) in [7, 11) is 1.66. The van der Waals surface area contributed by atoms with E-state index in [1.165, 1.54) is 0 Å². The molecule has 2 aromatic rings. The van der Waals surface area contributed by atoms with Crippen LogP contribution in [0.25, 0.3) is 0 Å². The van der Waals surface area contributed by atoms with Crippen molar-refractivity contribution in [1.29, 1.82) is 0 Å². The third-order valence-corrected chi connectivity index (χ3v) is 5.60. The molecular formula is C21H27N5O2. The second kappa shape index (κ2) is 7.75. The van der Waals surface area contributed by atoms with Crippen molar-refractivity contribution >= 4 is 11.9 Å². The summed E-state index contributed by atoms with van der Waals surface area (Å²) >= 11 is 0. The molecule has 4 rings (SSSR count). The molecular weight excluding hydrogens is 354 g/mol. The van der Waals surface area contributed by atoms with Gasteiger partial charge < -0.3 is 20.3 Å². The number of hydrogen-bond donors (Lipinski definition) is 2. The molecule has 28 heavy (non-hydrogen) atoms. The Bertz CT molecular complexity index is 822. The molecule has 0 unspecified atom stereocenters. The summed E-state index contributed by atoms with van der Waals surface area (Å²) in [5.74, 6) is 2.24. The van der Waals surface area contributed by atoms with E-state index >= 15 is 0 Å². The van der Waals surface area contributed by atoms with Gasteiger partial charge in [0.15, 0.2) is 0 Å². The molecule has 2 fully saturated rings. The highest BCUT2D eigenvalue weighted by atomic mass is 16.5. The summed E-state index contributed by atoms with van der Waals surface area (Å²) in [6.07, 6.45) is 3.24. The van der Waals surface area contributed by atoms with Crippen LogP contribution >= 0.6 is 0 Å². The Morgan fingerprint density at radius 3 is 2.57 bits per heavy atom. The Balaban J connectivity index is 1.59. The van der Waals surface area contributed by atoms with E-state index in [0.717, 1.165) is 30.9 Å². The number of nitrogens with zero attached hydrogens (tertiary/aromatic N) is 3. The molecule has 3 atom stereocenters. The van der Waals surface area contributed by atoms with E-state index in [4.69, 9.17) is 4.74 Å². The first-order valence-electron chi connectivity index (χ1n) is 9.81. The number of likely N-dealkylation sites (tertiary alicyclic amines) is 1. The molecule has 0 aliphatic carbocycles. The number of rotatable bonds is 5. The van der Waals surface area contributed by atoms with Crippen molar-refractivity contribution in [3.05, 3.63) is 47.8 Å². The van der Waals surface area contributed by atoms with Crippen molar-refractivity contribution in [2.75, 3.05) is 32.1 Å². The number of nitrogens with one attached hydrogen (secondary N) is 2. The molecule has 1 amide bonds. The van der Waals surface area contributed by atoms with Crippen LogP contribution in [0.4, 0.5) is 5.95 Å². The molecule has 0 spiro atoms. The maximum absolute atomic E-state index is 13.3. The summed E-state index contributed by atoms with van der Waals surface area (Å²) in [6, 6.07) is 8.35. The summed E-state index contributed by atoms with van der Waals surface area (Å²) in [5.41, 5.74) is 1.67. The summed E-state index contributed by atoms with van der Waals surface area (Å²) in [4.78, 5) is 23.9. The van der Waals surface area contributed by atoms with Gasteiger partial charge in [0.2, 0.25) is 5.95 Å². The standard InChI is InChI=1S/C21H27N5O2/c1-13(2)25-21-23-9-15(10-24-21)20(27)26-12-16-8-22-11-18(16)19(26)14-4-6-17(28-3)7-5-14/h4-7,9-10,13,16,18-19,22H,8,11-12H2,1-3H3,(H,23,24,25)/t16-,18-,19-/m0/s1. The number of amides is 1. The zero-order valence-corrected chi connectivity index (χ0v) is 16.6. The van der Waals surface area contributed by atoms with Gasteiger partial charge in [-0.1, -0.05) is 12.1 Å².